The lowest BCUT2D eigenvalue weighted by Gasteiger charge is -2.21. The second kappa shape index (κ2) is 7.12. The van der Waals surface area contributed by atoms with Crippen LogP contribution in [0, 0.1) is 0 Å². The van der Waals surface area contributed by atoms with E-state index in [0.29, 0.717) is 0 Å². The second-order valence-electron chi connectivity index (χ2n) is 6.22. The molecule has 2 aromatic rings. The molecule has 3 heteroatoms. The quantitative estimate of drug-likeness (QED) is 0.492. The number of benzene rings is 2. The van der Waals surface area contributed by atoms with Crippen molar-refractivity contribution in [1.82, 2.24) is 5.43 Å². The van der Waals surface area contributed by atoms with E-state index in [4.69, 9.17) is 5.84 Å². The minimum absolute atomic E-state index is 0.157. The summed E-state index contributed by atoms with van der Waals surface area (Å²) in [5.74, 6) is 6.64. The van der Waals surface area contributed by atoms with Crippen molar-refractivity contribution < 1.29 is 0 Å². The predicted octanol–water partition coefficient (Wildman–Crippen LogP) is 4.28. The summed E-state index contributed by atoms with van der Waals surface area (Å²) in [4.78, 5) is 1.27. The molecular weight excluding hydrogens is 276 g/mol. The summed E-state index contributed by atoms with van der Waals surface area (Å²) in [6.45, 7) is 6.68. The molecule has 3 N–H and O–H groups in total. The van der Waals surface area contributed by atoms with Gasteiger partial charge in [0.15, 0.2) is 0 Å². The molecule has 0 aliphatic heterocycles. The molecule has 2 rings (SSSR count). The number of nitrogens with one attached hydrogen (secondary N) is 1. The Morgan fingerprint density at radius 1 is 1.00 bits per heavy atom. The molecule has 21 heavy (non-hydrogen) atoms. The van der Waals surface area contributed by atoms with E-state index >= 15 is 0 Å². The van der Waals surface area contributed by atoms with Crippen LogP contribution in [0.25, 0.3) is 0 Å². The zero-order chi connectivity index (χ0) is 15.3. The molecule has 0 heterocycles. The molecule has 0 aromatic heterocycles. The highest BCUT2D eigenvalue weighted by Crippen LogP contribution is 2.27. The van der Waals surface area contributed by atoms with E-state index in [1.165, 1.54) is 16.0 Å². The van der Waals surface area contributed by atoms with Crippen LogP contribution in [0.5, 0.6) is 0 Å². The number of hydrogen-bond donors (Lipinski definition) is 2. The predicted molar refractivity (Wildman–Crippen MR) is 92.4 cm³/mol. The molecule has 1 atom stereocenters. The number of hydrogen-bond acceptors (Lipinski definition) is 3. The average Bonchev–Trinajstić information content (AvgIpc) is 2.48. The minimum Gasteiger partial charge on any atom is -0.271 e. The summed E-state index contributed by atoms with van der Waals surface area (Å²) < 4.78 is 0. The average molecular weight is 300 g/mol. The van der Waals surface area contributed by atoms with Crippen LogP contribution in [0.2, 0.25) is 0 Å². The molecule has 0 saturated heterocycles. The minimum atomic E-state index is 0.157. The third-order valence-corrected chi connectivity index (χ3v) is 4.65. The van der Waals surface area contributed by atoms with E-state index in [-0.39, 0.29) is 11.5 Å². The Morgan fingerprint density at radius 3 is 2.14 bits per heavy atom. The first-order chi connectivity index (χ1) is 10.0. The lowest BCUT2D eigenvalue weighted by atomic mass is 9.86. The largest absolute Gasteiger partial charge is 0.271 e. The Balaban J connectivity index is 2.04. The maximum absolute atomic E-state index is 5.73. The number of rotatable bonds is 5. The van der Waals surface area contributed by atoms with Crippen LogP contribution in [0.1, 0.15) is 37.9 Å². The van der Waals surface area contributed by atoms with E-state index < -0.39 is 0 Å². The van der Waals surface area contributed by atoms with Gasteiger partial charge in [0.2, 0.25) is 0 Å². The summed E-state index contributed by atoms with van der Waals surface area (Å²) in [7, 11) is 0. The molecule has 0 radical (unpaired) electrons. The zero-order valence-corrected chi connectivity index (χ0v) is 13.8. The number of nitrogens with two attached hydrogens (primary N) is 1. The summed E-state index contributed by atoms with van der Waals surface area (Å²) >= 11 is 1.82. The normalized spacial score (nSPS) is 13.1. The van der Waals surface area contributed by atoms with Gasteiger partial charge in [-0.05, 0) is 28.7 Å². The topological polar surface area (TPSA) is 38.0 Å². The van der Waals surface area contributed by atoms with E-state index in [0.717, 1.165) is 5.75 Å². The van der Waals surface area contributed by atoms with Gasteiger partial charge in [0.05, 0.1) is 6.04 Å². The van der Waals surface area contributed by atoms with Gasteiger partial charge in [-0.15, -0.1) is 11.8 Å². The highest BCUT2D eigenvalue weighted by molar-refractivity contribution is 7.99. The Bertz CT molecular complexity index is 544. The van der Waals surface area contributed by atoms with E-state index in [1.54, 1.807) is 0 Å². The van der Waals surface area contributed by atoms with Crippen molar-refractivity contribution in [2.45, 2.75) is 37.1 Å². The fraction of sp³-hybridized carbons (Fsp3) is 0.333. The van der Waals surface area contributed by atoms with Gasteiger partial charge in [0.1, 0.15) is 0 Å². The maximum atomic E-state index is 5.73. The van der Waals surface area contributed by atoms with Crippen LogP contribution in [0.15, 0.2) is 59.5 Å². The van der Waals surface area contributed by atoms with Crippen molar-refractivity contribution in [3.63, 3.8) is 0 Å². The smallest absolute Gasteiger partial charge is 0.0553 e. The van der Waals surface area contributed by atoms with Gasteiger partial charge in [-0.2, -0.15) is 0 Å². The monoisotopic (exact) mass is 300 g/mol. The van der Waals surface area contributed by atoms with Gasteiger partial charge < -0.3 is 0 Å². The Labute approximate surface area is 132 Å². The summed E-state index contributed by atoms with van der Waals surface area (Å²) in [6.07, 6.45) is 0. The van der Waals surface area contributed by atoms with Crippen LogP contribution < -0.4 is 11.3 Å². The zero-order valence-electron chi connectivity index (χ0n) is 13.0. The van der Waals surface area contributed by atoms with Crippen molar-refractivity contribution in [3.05, 3.63) is 65.7 Å². The first-order valence-electron chi connectivity index (χ1n) is 7.25. The Morgan fingerprint density at radius 2 is 1.62 bits per heavy atom. The van der Waals surface area contributed by atoms with Crippen LogP contribution in [0.4, 0.5) is 0 Å². The van der Waals surface area contributed by atoms with E-state index in [9.17, 15) is 0 Å². The molecule has 0 bridgehead atoms. The molecule has 0 fully saturated rings. The second-order valence-corrected chi connectivity index (χ2v) is 7.31. The molecular formula is C18H24N2S. The third-order valence-electron chi connectivity index (χ3n) is 3.54. The number of hydrazine groups is 1. The van der Waals surface area contributed by atoms with Crippen molar-refractivity contribution >= 4 is 11.8 Å². The lowest BCUT2D eigenvalue weighted by molar-refractivity contribution is 0.585. The molecule has 0 aliphatic carbocycles. The summed E-state index contributed by atoms with van der Waals surface area (Å²) in [5.41, 5.74) is 5.69. The number of thioether (sulfide) groups is 1. The summed E-state index contributed by atoms with van der Waals surface area (Å²) in [5, 5.41) is 0. The van der Waals surface area contributed by atoms with Gasteiger partial charge in [-0.25, -0.2) is 0 Å². The van der Waals surface area contributed by atoms with Crippen molar-refractivity contribution in [3.8, 4) is 0 Å². The molecule has 0 amide bonds. The van der Waals surface area contributed by atoms with Gasteiger partial charge in [-0.1, -0.05) is 63.2 Å². The lowest BCUT2D eigenvalue weighted by Crippen LogP contribution is -2.29. The standard InChI is InChI=1S/C18H24N2S/c1-18(2,3)15-11-9-14(10-12-15)17(20-19)13-21-16-7-5-4-6-8-16/h4-12,17,20H,13,19H2,1-3H3. The van der Waals surface area contributed by atoms with E-state index in [1.807, 2.05) is 17.8 Å². The van der Waals surface area contributed by atoms with Crippen LogP contribution in [0.3, 0.4) is 0 Å². The first kappa shape index (κ1) is 16.1. The highest BCUT2D eigenvalue weighted by atomic mass is 32.2. The van der Waals surface area contributed by atoms with Gasteiger partial charge in [0, 0.05) is 10.6 Å². The van der Waals surface area contributed by atoms with Gasteiger partial charge in [0.25, 0.3) is 0 Å². The van der Waals surface area contributed by atoms with Crippen molar-refractivity contribution in [2.24, 2.45) is 5.84 Å². The van der Waals surface area contributed by atoms with Crippen LogP contribution in [-0.4, -0.2) is 5.75 Å². The SMILES string of the molecule is CC(C)(C)c1ccc(C(CSc2ccccc2)NN)cc1. The molecule has 112 valence electrons. The Kier molecular flexibility index (Phi) is 5.45. The van der Waals surface area contributed by atoms with E-state index in [2.05, 4.69) is 74.7 Å². The van der Waals surface area contributed by atoms with Crippen LogP contribution >= 0.6 is 11.8 Å². The fourth-order valence-corrected chi connectivity index (χ4v) is 3.15. The van der Waals surface area contributed by atoms with Crippen molar-refractivity contribution in [2.75, 3.05) is 5.75 Å². The third kappa shape index (κ3) is 4.60. The molecule has 0 spiro atoms. The fourth-order valence-electron chi connectivity index (χ4n) is 2.15. The maximum Gasteiger partial charge on any atom is 0.0553 e. The molecule has 0 aliphatic rings. The summed E-state index contributed by atoms with van der Waals surface area (Å²) in [6, 6.07) is 19.3. The molecule has 2 aromatic carbocycles. The van der Waals surface area contributed by atoms with Gasteiger partial charge >= 0.3 is 0 Å². The first-order valence-corrected chi connectivity index (χ1v) is 8.23. The van der Waals surface area contributed by atoms with Crippen LogP contribution in [-0.2, 0) is 5.41 Å². The molecule has 1 unspecified atom stereocenters. The van der Waals surface area contributed by atoms with Crippen molar-refractivity contribution in [1.29, 1.82) is 0 Å². The molecule has 0 saturated carbocycles. The van der Waals surface area contributed by atoms with Gasteiger partial charge in [-0.3, -0.25) is 11.3 Å². The molecule has 2 nitrogen and oxygen atoms in total. The Hall–Kier alpha value is -1.29. The highest BCUT2D eigenvalue weighted by Gasteiger charge is 2.15.